The van der Waals surface area contributed by atoms with Gasteiger partial charge in [-0.1, -0.05) is 6.07 Å². The maximum atomic E-state index is 12.8. The van der Waals surface area contributed by atoms with Crippen LogP contribution in [0.15, 0.2) is 42.0 Å². The third kappa shape index (κ3) is 4.01. The molecule has 0 saturated carbocycles. The third-order valence-corrected chi connectivity index (χ3v) is 5.15. The van der Waals surface area contributed by atoms with Crippen LogP contribution in [0.25, 0.3) is 0 Å². The highest BCUT2D eigenvalue weighted by Crippen LogP contribution is 2.27. The van der Waals surface area contributed by atoms with Crippen molar-refractivity contribution in [3.05, 3.63) is 52.5 Å². The molecule has 24 heavy (non-hydrogen) atoms. The number of carbonyl (C=O) groups excluding carboxylic acids is 1. The molecule has 0 aromatic carbocycles. The Bertz CT molecular complexity index is 633. The Labute approximate surface area is 146 Å². The Kier molecular flexibility index (Phi) is 5.96. The smallest absolute Gasteiger partial charge is 0.264 e. The highest BCUT2D eigenvalue weighted by Gasteiger charge is 2.38. The molecule has 3 heterocycles. The van der Waals surface area contributed by atoms with Crippen molar-refractivity contribution < 1.29 is 14.3 Å². The lowest BCUT2D eigenvalue weighted by Gasteiger charge is -2.28. The Morgan fingerprint density at radius 3 is 2.88 bits per heavy atom. The fraction of sp³-hybridized carbons (Fsp3) is 0.444. The number of rotatable bonds is 7. The molecule has 2 aromatic heterocycles. The molecular weight excluding hydrogens is 324 g/mol. The molecule has 1 saturated heterocycles. The fourth-order valence-electron chi connectivity index (χ4n) is 3.10. The molecule has 1 fully saturated rings. The van der Waals surface area contributed by atoms with Gasteiger partial charge in [0.2, 0.25) is 0 Å². The van der Waals surface area contributed by atoms with Crippen LogP contribution in [0.5, 0.6) is 0 Å². The molecule has 3 rings (SSSR count). The predicted molar refractivity (Wildman–Crippen MR) is 93.3 cm³/mol. The lowest BCUT2D eigenvalue weighted by molar-refractivity contribution is 0.000557. The van der Waals surface area contributed by atoms with Gasteiger partial charge < -0.3 is 14.4 Å². The van der Waals surface area contributed by atoms with Crippen LogP contribution >= 0.6 is 11.3 Å². The van der Waals surface area contributed by atoms with Gasteiger partial charge in [0.05, 0.1) is 30.2 Å². The molecule has 6 heteroatoms. The van der Waals surface area contributed by atoms with Crippen LogP contribution in [0.4, 0.5) is 0 Å². The van der Waals surface area contributed by atoms with Crippen molar-refractivity contribution in [3.63, 3.8) is 0 Å². The predicted octanol–water partition coefficient (Wildman–Crippen LogP) is 2.63. The first-order valence-corrected chi connectivity index (χ1v) is 9.01. The molecule has 0 unspecified atom stereocenters. The zero-order valence-corrected chi connectivity index (χ0v) is 14.6. The zero-order valence-electron chi connectivity index (χ0n) is 13.8. The molecule has 5 nitrogen and oxygen atoms in total. The number of thiophene rings is 1. The van der Waals surface area contributed by atoms with Crippen molar-refractivity contribution in [3.8, 4) is 0 Å². The summed E-state index contributed by atoms with van der Waals surface area (Å²) in [6.45, 7) is 1.84. The third-order valence-electron chi connectivity index (χ3n) is 4.29. The van der Waals surface area contributed by atoms with Crippen LogP contribution in [0.3, 0.4) is 0 Å². The number of methoxy groups -OCH3 is 1. The summed E-state index contributed by atoms with van der Waals surface area (Å²) in [4.78, 5) is 19.6. The number of likely N-dealkylation sites (tertiary alicyclic amines) is 1. The van der Waals surface area contributed by atoms with Crippen molar-refractivity contribution in [1.29, 1.82) is 0 Å². The van der Waals surface area contributed by atoms with Gasteiger partial charge in [0, 0.05) is 26.0 Å². The number of hydrogen-bond donors (Lipinski definition) is 0. The summed E-state index contributed by atoms with van der Waals surface area (Å²) < 4.78 is 11.1. The first-order valence-electron chi connectivity index (χ1n) is 8.13. The lowest BCUT2D eigenvalue weighted by Crippen LogP contribution is -2.42. The molecule has 128 valence electrons. The molecule has 2 atom stereocenters. The van der Waals surface area contributed by atoms with Gasteiger partial charge in [0.25, 0.3) is 5.91 Å². The molecule has 0 bridgehead atoms. The number of nitrogens with zero attached hydrogens (tertiary/aromatic N) is 2. The number of carbonyl (C=O) groups is 1. The quantitative estimate of drug-likeness (QED) is 0.723. The minimum Gasteiger partial charge on any atom is -0.382 e. The summed E-state index contributed by atoms with van der Waals surface area (Å²) in [5.74, 6) is 0.0990. The van der Waals surface area contributed by atoms with Crippen molar-refractivity contribution in [2.75, 3.05) is 26.9 Å². The summed E-state index contributed by atoms with van der Waals surface area (Å²) in [6, 6.07) is 7.84. The van der Waals surface area contributed by atoms with Crippen molar-refractivity contribution in [2.45, 2.75) is 25.0 Å². The second-order valence-electron chi connectivity index (χ2n) is 5.79. The number of ether oxygens (including phenoxy) is 2. The largest absolute Gasteiger partial charge is 0.382 e. The van der Waals surface area contributed by atoms with Gasteiger partial charge in [-0.3, -0.25) is 9.78 Å². The summed E-state index contributed by atoms with van der Waals surface area (Å²) in [5.41, 5.74) is 1.17. The average molecular weight is 346 g/mol. The summed E-state index contributed by atoms with van der Waals surface area (Å²) in [5, 5.41) is 1.94. The van der Waals surface area contributed by atoms with E-state index in [4.69, 9.17) is 9.47 Å². The van der Waals surface area contributed by atoms with Gasteiger partial charge in [0.15, 0.2) is 0 Å². The van der Waals surface area contributed by atoms with E-state index < -0.39 is 0 Å². The molecule has 1 aliphatic rings. The van der Waals surface area contributed by atoms with Crippen LogP contribution < -0.4 is 0 Å². The average Bonchev–Trinajstić information content (AvgIpc) is 3.26. The summed E-state index contributed by atoms with van der Waals surface area (Å²) in [6.07, 6.45) is 5.25. The monoisotopic (exact) mass is 346 g/mol. The Balaban J connectivity index is 1.75. The van der Waals surface area contributed by atoms with Gasteiger partial charge in [-0.2, -0.15) is 0 Å². The molecule has 0 aliphatic carbocycles. The molecular formula is C18H22N2O3S. The molecule has 2 aromatic rings. The van der Waals surface area contributed by atoms with Crippen LogP contribution in [0.1, 0.15) is 21.7 Å². The maximum absolute atomic E-state index is 12.8. The Morgan fingerprint density at radius 1 is 1.33 bits per heavy atom. The van der Waals surface area contributed by atoms with E-state index >= 15 is 0 Å². The molecule has 0 N–H and O–H groups in total. The van der Waals surface area contributed by atoms with E-state index in [1.165, 1.54) is 16.9 Å². The highest BCUT2D eigenvalue weighted by atomic mass is 32.1. The fourth-order valence-corrected chi connectivity index (χ4v) is 3.78. The van der Waals surface area contributed by atoms with Gasteiger partial charge in [-0.15, -0.1) is 11.3 Å². The number of pyridine rings is 1. The van der Waals surface area contributed by atoms with E-state index in [-0.39, 0.29) is 18.1 Å². The van der Waals surface area contributed by atoms with Gasteiger partial charge in [-0.05, 0) is 42.0 Å². The maximum Gasteiger partial charge on any atom is 0.264 e. The highest BCUT2D eigenvalue weighted by molar-refractivity contribution is 7.12. The summed E-state index contributed by atoms with van der Waals surface area (Å²) >= 11 is 1.49. The van der Waals surface area contributed by atoms with E-state index in [0.29, 0.717) is 13.2 Å². The van der Waals surface area contributed by atoms with Crippen LogP contribution in [0.2, 0.25) is 0 Å². The van der Waals surface area contributed by atoms with Crippen LogP contribution in [-0.4, -0.2) is 54.8 Å². The Hall–Kier alpha value is -1.76. The second-order valence-corrected chi connectivity index (χ2v) is 6.74. The topological polar surface area (TPSA) is 51.7 Å². The molecule has 1 aliphatic heterocycles. The van der Waals surface area contributed by atoms with Crippen molar-refractivity contribution >= 4 is 17.2 Å². The normalized spacial score (nSPS) is 20.5. The van der Waals surface area contributed by atoms with E-state index in [1.54, 1.807) is 19.5 Å². The first-order chi connectivity index (χ1) is 11.8. The van der Waals surface area contributed by atoms with Gasteiger partial charge in [-0.25, -0.2) is 0 Å². The zero-order chi connectivity index (χ0) is 16.8. The van der Waals surface area contributed by atoms with Crippen LogP contribution in [-0.2, 0) is 15.9 Å². The minimum absolute atomic E-state index is 0.0391. The van der Waals surface area contributed by atoms with E-state index in [9.17, 15) is 4.79 Å². The van der Waals surface area contributed by atoms with Gasteiger partial charge in [0.1, 0.15) is 0 Å². The molecule has 0 radical (unpaired) electrons. The standard InChI is InChI=1S/C18H22N2O3S/c1-22-10-11-23-16-6-9-20(18(21)17-3-2-12-24-17)15(16)13-14-4-7-19-8-5-14/h2-5,7-8,12,15-16H,6,9-11,13H2,1H3/t15-,16-/m0/s1. The van der Waals surface area contributed by atoms with E-state index in [0.717, 1.165) is 24.3 Å². The van der Waals surface area contributed by atoms with Crippen molar-refractivity contribution in [2.24, 2.45) is 0 Å². The summed E-state index contributed by atoms with van der Waals surface area (Å²) in [7, 11) is 1.67. The Morgan fingerprint density at radius 2 is 2.17 bits per heavy atom. The van der Waals surface area contributed by atoms with E-state index in [2.05, 4.69) is 4.98 Å². The first kappa shape index (κ1) is 17.1. The number of amides is 1. The van der Waals surface area contributed by atoms with Crippen LogP contribution in [0, 0.1) is 0 Å². The van der Waals surface area contributed by atoms with E-state index in [1.807, 2.05) is 34.5 Å². The minimum atomic E-state index is 0.0391. The number of hydrogen-bond acceptors (Lipinski definition) is 5. The second kappa shape index (κ2) is 8.37. The molecule has 1 amide bonds. The SMILES string of the molecule is COCCO[C@H]1CCN(C(=O)c2cccs2)[C@H]1Cc1ccncc1. The number of aromatic nitrogens is 1. The van der Waals surface area contributed by atoms with Gasteiger partial charge >= 0.3 is 0 Å². The van der Waals surface area contributed by atoms with Crippen molar-refractivity contribution in [1.82, 2.24) is 9.88 Å². The molecule has 0 spiro atoms. The lowest BCUT2D eigenvalue weighted by atomic mass is 10.0.